The molecule has 0 spiro atoms. The molecule has 3 aromatic rings. The number of hydrogen-bond donors (Lipinski definition) is 2. The first-order valence-electron chi connectivity index (χ1n) is 9.67. The predicted octanol–water partition coefficient (Wildman–Crippen LogP) is 3.28. The van der Waals surface area contributed by atoms with E-state index in [4.69, 9.17) is 0 Å². The van der Waals surface area contributed by atoms with Crippen molar-refractivity contribution >= 4 is 11.6 Å². The van der Waals surface area contributed by atoms with Gasteiger partial charge < -0.3 is 15.3 Å². The van der Waals surface area contributed by atoms with Crippen LogP contribution in [0, 0.1) is 6.92 Å². The van der Waals surface area contributed by atoms with Gasteiger partial charge in [0.25, 0.3) is 0 Å². The molecule has 6 heteroatoms. The third kappa shape index (κ3) is 3.97. The second-order valence-corrected chi connectivity index (χ2v) is 7.13. The Bertz CT molecular complexity index is 914. The average molecular weight is 375 g/mol. The number of aryl methyl sites for hydroxylation is 1. The number of aliphatic hydroxyl groups excluding tert-OH is 1. The summed E-state index contributed by atoms with van der Waals surface area (Å²) >= 11 is 0. The van der Waals surface area contributed by atoms with Crippen molar-refractivity contribution in [3.63, 3.8) is 0 Å². The Morgan fingerprint density at radius 3 is 2.71 bits per heavy atom. The fourth-order valence-electron chi connectivity index (χ4n) is 3.61. The number of nitrogens with one attached hydrogen (secondary N) is 1. The molecule has 0 radical (unpaired) electrons. The predicted molar refractivity (Wildman–Crippen MR) is 110 cm³/mol. The van der Waals surface area contributed by atoms with Crippen LogP contribution in [-0.2, 0) is 13.0 Å². The van der Waals surface area contributed by atoms with Crippen LogP contribution in [0.3, 0.4) is 0 Å². The highest BCUT2D eigenvalue weighted by Crippen LogP contribution is 2.29. The molecule has 1 atom stereocenters. The maximum atomic E-state index is 9.54. The number of aliphatic hydroxyl groups is 1. The van der Waals surface area contributed by atoms with E-state index in [9.17, 15) is 5.11 Å². The van der Waals surface area contributed by atoms with Gasteiger partial charge in [0.2, 0.25) is 0 Å². The van der Waals surface area contributed by atoms with Crippen LogP contribution in [0.2, 0.25) is 0 Å². The molecular formula is C22H25N5O. The summed E-state index contributed by atoms with van der Waals surface area (Å²) in [5, 5.41) is 13.1. The maximum absolute atomic E-state index is 9.54. The van der Waals surface area contributed by atoms with Gasteiger partial charge >= 0.3 is 0 Å². The van der Waals surface area contributed by atoms with Gasteiger partial charge in [-0.15, -0.1) is 0 Å². The number of hydrogen-bond acceptors (Lipinski definition) is 6. The zero-order valence-electron chi connectivity index (χ0n) is 16.0. The van der Waals surface area contributed by atoms with Crippen LogP contribution in [0.4, 0.5) is 11.6 Å². The van der Waals surface area contributed by atoms with E-state index in [2.05, 4.69) is 49.4 Å². The van der Waals surface area contributed by atoms with Crippen molar-refractivity contribution in [3.8, 4) is 0 Å². The number of fused-ring (bicyclic) bond motifs is 1. The summed E-state index contributed by atoms with van der Waals surface area (Å²) < 4.78 is 0. The molecule has 0 fully saturated rings. The van der Waals surface area contributed by atoms with Crippen LogP contribution in [0.1, 0.15) is 34.8 Å². The van der Waals surface area contributed by atoms with Crippen molar-refractivity contribution in [2.75, 3.05) is 23.4 Å². The smallest absolute Gasteiger partial charge is 0.135 e. The first kappa shape index (κ1) is 18.4. The van der Waals surface area contributed by atoms with Gasteiger partial charge in [-0.2, -0.15) is 0 Å². The average Bonchev–Trinajstić information content (AvgIpc) is 2.74. The molecule has 0 aliphatic carbocycles. The fraction of sp³-hybridized carbons (Fsp3) is 0.318. The lowest BCUT2D eigenvalue weighted by molar-refractivity contribution is 0.280. The lowest BCUT2D eigenvalue weighted by Gasteiger charge is -2.31. The Balaban J connectivity index is 1.60. The molecule has 0 bridgehead atoms. The molecule has 1 aliphatic rings. The second-order valence-electron chi connectivity index (χ2n) is 7.13. The molecule has 2 aromatic heterocycles. The SMILES string of the molecule is Cc1ccc(N2CCc3ncnc(NC(CCO)c4ccccc4)c3C2)nc1. The highest BCUT2D eigenvalue weighted by Gasteiger charge is 2.23. The van der Waals surface area contributed by atoms with E-state index in [1.54, 1.807) is 6.33 Å². The van der Waals surface area contributed by atoms with E-state index >= 15 is 0 Å². The second kappa shape index (κ2) is 8.35. The topological polar surface area (TPSA) is 74.2 Å². The molecule has 3 heterocycles. The molecular weight excluding hydrogens is 350 g/mol. The minimum atomic E-state index is -0.00178. The Hall–Kier alpha value is -2.99. The molecule has 0 saturated heterocycles. The van der Waals surface area contributed by atoms with Crippen LogP contribution < -0.4 is 10.2 Å². The minimum Gasteiger partial charge on any atom is -0.396 e. The van der Waals surface area contributed by atoms with E-state index in [0.29, 0.717) is 6.42 Å². The third-order valence-electron chi connectivity index (χ3n) is 5.15. The number of benzene rings is 1. The summed E-state index contributed by atoms with van der Waals surface area (Å²) in [7, 11) is 0. The molecule has 2 N–H and O–H groups in total. The highest BCUT2D eigenvalue weighted by atomic mass is 16.3. The quantitative estimate of drug-likeness (QED) is 0.689. The number of pyridine rings is 1. The van der Waals surface area contributed by atoms with Crippen LogP contribution in [0.25, 0.3) is 0 Å². The van der Waals surface area contributed by atoms with E-state index in [1.807, 2.05) is 31.3 Å². The summed E-state index contributed by atoms with van der Waals surface area (Å²) in [6, 6.07) is 14.3. The van der Waals surface area contributed by atoms with Crippen molar-refractivity contribution in [1.29, 1.82) is 0 Å². The van der Waals surface area contributed by atoms with Gasteiger partial charge in [-0.1, -0.05) is 36.4 Å². The van der Waals surface area contributed by atoms with Crippen LogP contribution in [-0.4, -0.2) is 33.2 Å². The van der Waals surface area contributed by atoms with Gasteiger partial charge in [0.05, 0.1) is 11.7 Å². The van der Waals surface area contributed by atoms with Crippen molar-refractivity contribution in [3.05, 3.63) is 77.4 Å². The van der Waals surface area contributed by atoms with Crippen molar-refractivity contribution in [1.82, 2.24) is 15.0 Å². The summed E-state index contributed by atoms with van der Waals surface area (Å²) in [5.74, 6) is 1.81. The fourth-order valence-corrected chi connectivity index (χ4v) is 3.61. The number of nitrogens with zero attached hydrogens (tertiary/aromatic N) is 4. The molecule has 1 aliphatic heterocycles. The molecule has 0 saturated carbocycles. The van der Waals surface area contributed by atoms with Gasteiger partial charge in [0, 0.05) is 37.9 Å². The Morgan fingerprint density at radius 1 is 1.11 bits per heavy atom. The Morgan fingerprint density at radius 2 is 1.96 bits per heavy atom. The number of anilines is 2. The third-order valence-corrected chi connectivity index (χ3v) is 5.15. The monoisotopic (exact) mass is 375 g/mol. The van der Waals surface area contributed by atoms with Gasteiger partial charge in [-0.05, 0) is 30.5 Å². The lowest BCUT2D eigenvalue weighted by atomic mass is 10.0. The lowest BCUT2D eigenvalue weighted by Crippen LogP contribution is -2.32. The normalized spacial score (nSPS) is 14.4. The molecule has 4 rings (SSSR count). The highest BCUT2D eigenvalue weighted by molar-refractivity contribution is 5.53. The summed E-state index contributed by atoms with van der Waals surface area (Å²) in [6.45, 7) is 3.76. The van der Waals surface area contributed by atoms with Gasteiger partial charge in [-0.25, -0.2) is 15.0 Å². The summed E-state index contributed by atoms with van der Waals surface area (Å²) in [6.07, 6.45) is 5.00. The van der Waals surface area contributed by atoms with Crippen LogP contribution in [0.5, 0.6) is 0 Å². The van der Waals surface area contributed by atoms with Crippen molar-refractivity contribution in [2.45, 2.75) is 32.4 Å². The molecule has 6 nitrogen and oxygen atoms in total. The first-order chi connectivity index (χ1) is 13.7. The molecule has 144 valence electrons. The largest absolute Gasteiger partial charge is 0.396 e. The zero-order valence-corrected chi connectivity index (χ0v) is 16.0. The first-order valence-corrected chi connectivity index (χ1v) is 9.67. The molecule has 28 heavy (non-hydrogen) atoms. The van der Waals surface area contributed by atoms with E-state index in [-0.39, 0.29) is 12.6 Å². The summed E-state index contributed by atoms with van der Waals surface area (Å²) in [4.78, 5) is 15.9. The van der Waals surface area contributed by atoms with E-state index in [1.165, 1.54) is 0 Å². The number of aromatic nitrogens is 3. The van der Waals surface area contributed by atoms with Crippen molar-refractivity contribution in [2.24, 2.45) is 0 Å². The zero-order chi connectivity index (χ0) is 19.3. The van der Waals surface area contributed by atoms with E-state index in [0.717, 1.165) is 53.5 Å². The maximum Gasteiger partial charge on any atom is 0.135 e. The van der Waals surface area contributed by atoms with Gasteiger partial charge in [0.15, 0.2) is 0 Å². The minimum absolute atomic E-state index is 0.00178. The number of rotatable bonds is 6. The van der Waals surface area contributed by atoms with Crippen molar-refractivity contribution < 1.29 is 5.11 Å². The molecule has 1 aromatic carbocycles. The van der Waals surface area contributed by atoms with E-state index < -0.39 is 0 Å². The van der Waals surface area contributed by atoms with Gasteiger partial charge in [0.1, 0.15) is 18.0 Å². The molecule has 0 amide bonds. The Kier molecular flexibility index (Phi) is 5.48. The van der Waals surface area contributed by atoms with Crippen LogP contribution in [0.15, 0.2) is 55.0 Å². The summed E-state index contributed by atoms with van der Waals surface area (Å²) in [5.41, 5.74) is 4.48. The van der Waals surface area contributed by atoms with Gasteiger partial charge in [-0.3, -0.25) is 0 Å². The standard InChI is InChI=1S/C22H25N5O/c1-16-7-8-21(23-13-16)27-11-9-20-18(14-27)22(25-15-24-20)26-19(10-12-28)17-5-3-2-4-6-17/h2-8,13,15,19,28H,9-12,14H2,1H3,(H,24,25,26). The molecule has 1 unspecified atom stereocenters. The Labute approximate surface area is 165 Å². The van der Waals surface area contributed by atoms with Crippen LogP contribution >= 0.6 is 0 Å².